The first-order chi connectivity index (χ1) is 8.49. The molecule has 0 aromatic carbocycles. The maximum absolute atomic E-state index is 11.3. The summed E-state index contributed by atoms with van der Waals surface area (Å²) in [7, 11) is -1.25. The highest BCUT2D eigenvalue weighted by atomic mass is 28.3. The minimum absolute atomic E-state index is 0.185. The molecule has 0 aliphatic heterocycles. The van der Waals surface area contributed by atoms with Gasteiger partial charge in [-0.3, -0.25) is 4.79 Å². The van der Waals surface area contributed by atoms with E-state index in [4.69, 9.17) is 9.47 Å². The van der Waals surface area contributed by atoms with Gasteiger partial charge in [0.15, 0.2) is 0 Å². The quantitative estimate of drug-likeness (QED) is 0.623. The second kappa shape index (κ2) is 7.33. The second-order valence-electron chi connectivity index (χ2n) is 6.31. The number of rotatable bonds is 5. The molecule has 0 saturated heterocycles. The van der Waals surface area contributed by atoms with Gasteiger partial charge in [-0.05, 0) is 20.8 Å². The van der Waals surface area contributed by atoms with E-state index < -0.39 is 25.7 Å². The van der Waals surface area contributed by atoms with Gasteiger partial charge in [-0.1, -0.05) is 31.4 Å². The van der Waals surface area contributed by atoms with E-state index >= 15 is 0 Å². The lowest BCUT2D eigenvalue weighted by molar-refractivity contribution is -0.141. The van der Waals surface area contributed by atoms with Crippen LogP contribution in [0.25, 0.3) is 0 Å². The zero-order valence-electron chi connectivity index (χ0n) is 12.7. The fraction of sp³-hybridized carbons (Fsp3) is 0.692. The van der Waals surface area contributed by atoms with Gasteiger partial charge in [0.25, 0.3) is 0 Å². The van der Waals surface area contributed by atoms with Crippen molar-refractivity contribution in [3.05, 3.63) is 11.8 Å². The summed E-state index contributed by atoms with van der Waals surface area (Å²) in [6.45, 7) is 11.9. The highest BCUT2D eigenvalue weighted by Gasteiger charge is 2.16. The Morgan fingerprint density at radius 3 is 2.26 bits per heavy atom. The molecule has 0 bridgehead atoms. The Kier molecular flexibility index (Phi) is 6.82. The molecule has 0 aliphatic carbocycles. The molecule has 110 valence electrons. The third kappa shape index (κ3) is 12.9. The summed E-state index contributed by atoms with van der Waals surface area (Å²) in [5.41, 5.74) is 1.52. The standard InChI is InChI=1S/C13H25NO4Si/c1-13(2,3)18-12(16)14-10-11(15)17-8-7-9-19(4,5)6/h7,9H,8,10H2,1-6H3,(H,14,16)/b9-7+. The predicted octanol–water partition coefficient (Wildman–Crippen LogP) is 2.49. The van der Waals surface area contributed by atoms with Gasteiger partial charge in [0.1, 0.15) is 18.8 Å². The van der Waals surface area contributed by atoms with E-state index in [1.165, 1.54) is 0 Å². The molecule has 0 spiro atoms. The molecule has 0 radical (unpaired) electrons. The number of hydrogen-bond acceptors (Lipinski definition) is 4. The van der Waals surface area contributed by atoms with Crippen LogP contribution in [0.3, 0.4) is 0 Å². The Labute approximate surface area is 116 Å². The van der Waals surface area contributed by atoms with Gasteiger partial charge in [0, 0.05) is 0 Å². The fourth-order valence-electron chi connectivity index (χ4n) is 1.05. The van der Waals surface area contributed by atoms with Crippen molar-refractivity contribution in [2.45, 2.75) is 46.0 Å². The minimum atomic E-state index is -1.25. The molecule has 1 N–H and O–H groups in total. The van der Waals surface area contributed by atoms with E-state index in [1.54, 1.807) is 20.8 Å². The number of esters is 1. The van der Waals surface area contributed by atoms with Crippen LogP contribution in [0.4, 0.5) is 4.79 Å². The minimum Gasteiger partial charge on any atom is -0.460 e. The third-order valence-corrected chi connectivity index (χ3v) is 2.97. The van der Waals surface area contributed by atoms with E-state index in [2.05, 4.69) is 30.7 Å². The number of carbonyl (C=O) groups is 2. The van der Waals surface area contributed by atoms with E-state index in [-0.39, 0.29) is 13.2 Å². The monoisotopic (exact) mass is 287 g/mol. The molecular weight excluding hydrogens is 262 g/mol. The lowest BCUT2D eigenvalue weighted by Crippen LogP contribution is -2.36. The highest BCUT2D eigenvalue weighted by molar-refractivity contribution is 6.80. The van der Waals surface area contributed by atoms with Crippen LogP contribution >= 0.6 is 0 Å². The summed E-state index contributed by atoms with van der Waals surface area (Å²) in [5.74, 6) is -0.480. The molecule has 0 heterocycles. The SMILES string of the molecule is CC(C)(C)OC(=O)NCC(=O)OC/C=C/[Si](C)(C)C. The summed E-state index contributed by atoms with van der Waals surface area (Å²) in [4.78, 5) is 22.6. The topological polar surface area (TPSA) is 64.6 Å². The Morgan fingerprint density at radius 1 is 1.21 bits per heavy atom. The normalized spacial score (nSPS) is 12.3. The Hall–Kier alpha value is -1.30. The van der Waals surface area contributed by atoms with Gasteiger partial charge >= 0.3 is 12.1 Å². The summed E-state index contributed by atoms with van der Waals surface area (Å²) < 4.78 is 9.94. The number of carbonyl (C=O) groups excluding carboxylic acids is 2. The van der Waals surface area contributed by atoms with Crippen LogP contribution < -0.4 is 5.32 Å². The number of alkyl carbamates (subject to hydrolysis) is 1. The van der Waals surface area contributed by atoms with Crippen molar-refractivity contribution < 1.29 is 19.1 Å². The van der Waals surface area contributed by atoms with Crippen LogP contribution in [0.5, 0.6) is 0 Å². The molecule has 0 aromatic rings. The van der Waals surface area contributed by atoms with Crippen LogP contribution in [-0.2, 0) is 14.3 Å². The average molecular weight is 287 g/mol. The molecule has 0 aliphatic rings. The first kappa shape index (κ1) is 17.7. The van der Waals surface area contributed by atoms with Crippen molar-refractivity contribution in [3.8, 4) is 0 Å². The van der Waals surface area contributed by atoms with Crippen LogP contribution in [0, 0.1) is 0 Å². The molecule has 0 rings (SSSR count). The van der Waals surface area contributed by atoms with Crippen LogP contribution in [0.2, 0.25) is 19.6 Å². The van der Waals surface area contributed by atoms with Gasteiger partial charge in [0.05, 0.1) is 8.07 Å². The average Bonchev–Trinajstić information content (AvgIpc) is 2.17. The van der Waals surface area contributed by atoms with Gasteiger partial charge in [0.2, 0.25) is 0 Å². The molecule has 19 heavy (non-hydrogen) atoms. The third-order valence-electron chi connectivity index (χ3n) is 1.73. The molecular formula is C13H25NO4Si. The Bertz CT molecular complexity index is 340. The molecule has 0 fully saturated rings. The van der Waals surface area contributed by atoms with Crippen molar-refractivity contribution in [1.82, 2.24) is 5.32 Å². The first-order valence-electron chi connectivity index (χ1n) is 6.30. The Balaban J connectivity index is 3.83. The summed E-state index contributed by atoms with van der Waals surface area (Å²) in [6, 6.07) is 0. The fourth-order valence-corrected chi connectivity index (χ4v) is 1.86. The summed E-state index contributed by atoms with van der Waals surface area (Å²) in [5, 5.41) is 2.35. The van der Waals surface area contributed by atoms with Crippen molar-refractivity contribution >= 4 is 20.1 Å². The van der Waals surface area contributed by atoms with E-state index in [0.29, 0.717) is 0 Å². The maximum atomic E-state index is 11.3. The van der Waals surface area contributed by atoms with E-state index in [0.717, 1.165) is 0 Å². The lowest BCUT2D eigenvalue weighted by Gasteiger charge is -2.19. The Morgan fingerprint density at radius 2 is 1.79 bits per heavy atom. The molecule has 6 heteroatoms. The van der Waals surface area contributed by atoms with Gasteiger partial charge in [-0.2, -0.15) is 0 Å². The van der Waals surface area contributed by atoms with Crippen molar-refractivity contribution in [2.24, 2.45) is 0 Å². The number of hydrogen-bond donors (Lipinski definition) is 1. The zero-order chi connectivity index (χ0) is 15.1. The van der Waals surface area contributed by atoms with Crippen LogP contribution in [-0.4, -0.2) is 38.9 Å². The highest BCUT2D eigenvalue weighted by Crippen LogP contribution is 2.06. The lowest BCUT2D eigenvalue weighted by atomic mass is 10.2. The number of amides is 1. The van der Waals surface area contributed by atoms with E-state index in [9.17, 15) is 9.59 Å². The second-order valence-corrected chi connectivity index (χ2v) is 11.4. The number of nitrogens with one attached hydrogen (secondary N) is 1. The van der Waals surface area contributed by atoms with Crippen molar-refractivity contribution in [1.29, 1.82) is 0 Å². The van der Waals surface area contributed by atoms with Gasteiger partial charge in [-0.25, -0.2) is 4.79 Å². The first-order valence-corrected chi connectivity index (χ1v) is 9.87. The van der Waals surface area contributed by atoms with Crippen molar-refractivity contribution in [2.75, 3.05) is 13.2 Å². The molecule has 0 aromatic heterocycles. The van der Waals surface area contributed by atoms with Gasteiger partial charge < -0.3 is 14.8 Å². The smallest absolute Gasteiger partial charge is 0.408 e. The molecule has 0 saturated carbocycles. The van der Waals surface area contributed by atoms with Gasteiger partial charge in [-0.15, -0.1) is 0 Å². The largest absolute Gasteiger partial charge is 0.460 e. The molecule has 5 nitrogen and oxygen atoms in total. The number of ether oxygens (including phenoxy) is 2. The maximum Gasteiger partial charge on any atom is 0.408 e. The predicted molar refractivity (Wildman–Crippen MR) is 77.7 cm³/mol. The van der Waals surface area contributed by atoms with Crippen molar-refractivity contribution in [3.63, 3.8) is 0 Å². The molecule has 1 amide bonds. The molecule has 0 atom stereocenters. The summed E-state index contributed by atoms with van der Waals surface area (Å²) >= 11 is 0. The molecule has 0 unspecified atom stereocenters. The van der Waals surface area contributed by atoms with E-state index in [1.807, 2.05) is 6.08 Å². The summed E-state index contributed by atoms with van der Waals surface area (Å²) in [6.07, 6.45) is 1.22. The van der Waals surface area contributed by atoms with Crippen LogP contribution in [0.1, 0.15) is 20.8 Å². The zero-order valence-corrected chi connectivity index (χ0v) is 13.7. The van der Waals surface area contributed by atoms with Crippen LogP contribution in [0.15, 0.2) is 11.8 Å².